The molecular weight excluding hydrogens is 403 g/mol. The van der Waals surface area contributed by atoms with E-state index in [0.717, 1.165) is 16.8 Å². The minimum atomic E-state index is -4.63. The fourth-order valence-corrected chi connectivity index (χ4v) is 2.49. The molecule has 0 aliphatic carbocycles. The van der Waals surface area contributed by atoms with E-state index in [1.165, 1.54) is 31.4 Å². The topological polar surface area (TPSA) is 120 Å². The Labute approximate surface area is 169 Å². The summed E-state index contributed by atoms with van der Waals surface area (Å²) >= 11 is 0. The number of benzene rings is 1. The molecule has 0 spiro atoms. The summed E-state index contributed by atoms with van der Waals surface area (Å²) in [6, 6.07) is 7.02. The van der Waals surface area contributed by atoms with E-state index in [1.807, 2.05) is 6.07 Å². The van der Waals surface area contributed by atoms with Crippen LogP contribution in [-0.4, -0.2) is 30.2 Å². The zero-order valence-corrected chi connectivity index (χ0v) is 15.8. The molecule has 1 aromatic heterocycles. The highest BCUT2D eigenvalue weighted by Crippen LogP contribution is 2.34. The molecule has 8 nitrogen and oxygen atoms in total. The Hall–Kier alpha value is -3.81. The van der Waals surface area contributed by atoms with E-state index in [-0.39, 0.29) is 35.3 Å². The highest BCUT2D eigenvalue weighted by Gasteiger charge is 2.33. The Morgan fingerprint density at radius 1 is 1.23 bits per heavy atom. The molecule has 11 heteroatoms. The molecule has 0 radical (unpaired) electrons. The van der Waals surface area contributed by atoms with E-state index in [0.29, 0.717) is 0 Å². The summed E-state index contributed by atoms with van der Waals surface area (Å²) in [6.45, 7) is -0.343. The predicted octanol–water partition coefficient (Wildman–Crippen LogP) is 2.40. The van der Waals surface area contributed by atoms with E-state index in [1.54, 1.807) is 0 Å². The largest absolute Gasteiger partial charge is 0.497 e. The van der Waals surface area contributed by atoms with Crippen LogP contribution in [0.3, 0.4) is 0 Å². The van der Waals surface area contributed by atoms with Crippen molar-refractivity contribution in [1.29, 1.82) is 10.7 Å². The number of pyridine rings is 1. The fourth-order valence-electron chi connectivity index (χ4n) is 2.49. The maximum atomic E-state index is 13.3. The zero-order valence-electron chi connectivity index (χ0n) is 15.8. The van der Waals surface area contributed by atoms with E-state index in [9.17, 15) is 22.8 Å². The number of rotatable bonds is 6. The van der Waals surface area contributed by atoms with Gasteiger partial charge in [-0.05, 0) is 29.8 Å². The maximum absolute atomic E-state index is 13.3. The lowest BCUT2D eigenvalue weighted by Gasteiger charge is -2.15. The van der Waals surface area contributed by atoms with Gasteiger partial charge in [-0.2, -0.15) is 18.4 Å². The normalized spacial score (nSPS) is 10.8. The summed E-state index contributed by atoms with van der Waals surface area (Å²) in [4.78, 5) is 24.4. The third-order valence-corrected chi connectivity index (χ3v) is 4.00. The SMILES string of the molecule is COc1ccc(CNC(=O)c2ccc(=N)n(C(=O)NCCC#N)c2)c(C(F)(F)F)c1. The fraction of sp³-hybridized carbons (Fsp3) is 0.263. The van der Waals surface area contributed by atoms with Crippen molar-refractivity contribution in [3.8, 4) is 11.8 Å². The first kappa shape index (κ1) is 22.5. The van der Waals surface area contributed by atoms with Gasteiger partial charge in [0.25, 0.3) is 5.91 Å². The van der Waals surface area contributed by atoms with Crippen LogP contribution < -0.4 is 20.9 Å². The second-order valence-electron chi connectivity index (χ2n) is 6.02. The molecule has 0 aliphatic heterocycles. The van der Waals surface area contributed by atoms with Gasteiger partial charge in [-0.15, -0.1) is 0 Å². The smallest absolute Gasteiger partial charge is 0.416 e. The van der Waals surface area contributed by atoms with E-state index in [4.69, 9.17) is 15.4 Å². The van der Waals surface area contributed by atoms with Crippen molar-refractivity contribution in [2.75, 3.05) is 13.7 Å². The molecule has 0 unspecified atom stereocenters. The van der Waals surface area contributed by atoms with Gasteiger partial charge in [0.1, 0.15) is 11.2 Å². The van der Waals surface area contributed by atoms with Crippen LogP contribution in [0.1, 0.15) is 27.9 Å². The summed E-state index contributed by atoms with van der Waals surface area (Å²) in [7, 11) is 1.25. The molecule has 158 valence electrons. The molecule has 3 N–H and O–H groups in total. The highest BCUT2D eigenvalue weighted by molar-refractivity contribution is 5.94. The molecule has 0 atom stereocenters. The van der Waals surface area contributed by atoms with Gasteiger partial charge in [-0.1, -0.05) is 6.07 Å². The van der Waals surface area contributed by atoms with Gasteiger partial charge in [-0.25, -0.2) is 4.79 Å². The average Bonchev–Trinajstić information content (AvgIpc) is 2.71. The molecule has 0 bridgehead atoms. The number of aromatic nitrogens is 1. The summed E-state index contributed by atoms with van der Waals surface area (Å²) in [5, 5.41) is 21.0. The summed E-state index contributed by atoms with van der Waals surface area (Å²) < 4.78 is 45.5. The molecule has 2 amide bonds. The number of amides is 2. The number of nitrogens with zero attached hydrogens (tertiary/aromatic N) is 2. The summed E-state index contributed by atoms with van der Waals surface area (Å²) in [5.74, 6) is -0.690. The molecule has 1 aromatic carbocycles. The Morgan fingerprint density at radius 3 is 2.60 bits per heavy atom. The predicted molar refractivity (Wildman–Crippen MR) is 98.5 cm³/mol. The molecular formula is C19H18F3N5O3. The van der Waals surface area contributed by atoms with Gasteiger partial charge in [0.05, 0.1) is 30.7 Å². The van der Waals surface area contributed by atoms with Crippen molar-refractivity contribution < 1.29 is 27.5 Å². The molecule has 0 saturated heterocycles. The average molecular weight is 421 g/mol. The quantitative estimate of drug-likeness (QED) is 0.621. The van der Waals surface area contributed by atoms with Crippen LogP contribution in [0.2, 0.25) is 0 Å². The first-order valence-corrected chi connectivity index (χ1v) is 8.62. The maximum Gasteiger partial charge on any atom is 0.416 e. The molecule has 0 saturated carbocycles. The number of ether oxygens (including phenoxy) is 1. The lowest BCUT2D eigenvalue weighted by atomic mass is 10.1. The zero-order chi connectivity index (χ0) is 22.3. The Morgan fingerprint density at radius 2 is 1.97 bits per heavy atom. The van der Waals surface area contributed by atoms with Crippen molar-refractivity contribution in [1.82, 2.24) is 15.2 Å². The van der Waals surface area contributed by atoms with Crippen LogP contribution in [0.25, 0.3) is 0 Å². The van der Waals surface area contributed by atoms with Gasteiger partial charge < -0.3 is 15.4 Å². The van der Waals surface area contributed by atoms with Gasteiger partial charge in [-0.3, -0.25) is 14.8 Å². The number of carbonyl (C=O) groups is 2. The number of carbonyl (C=O) groups excluding carboxylic acids is 2. The van der Waals surface area contributed by atoms with Crippen LogP contribution >= 0.6 is 0 Å². The van der Waals surface area contributed by atoms with Crippen LogP contribution in [0.4, 0.5) is 18.0 Å². The van der Waals surface area contributed by atoms with E-state index in [2.05, 4.69) is 10.6 Å². The number of hydrogen-bond acceptors (Lipinski definition) is 5. The third kappa shape index (κ3) is 5.60. The lowest BCUT2D eigenvalue weighted by molar-refractivity contribution is -0.138. The first-order valence-electron chi connectivity index (χ1n) is 8.62. The third-order valence-electron chi connectivity index (χ3n) is 4.00. The summed E-state index contributed by atoms with van der Waals surface area (Å²) in [5.41, 5.74) is -1.33. The Bertz CT molecular complexity index is 1040. The minimum absolute atomic E-state index is 0.0245. The second kappa shape index (κ2) is 9.60. The molecule has 0 aliphatic rings. The van der Waals surface area contributed by atoms with E-state index < -0.39 is 30.2 Å². The summed E-state index contributed by atoms with van der Waals surface area (Å²) in [6.07, 6.45) is -3.47. The number of alkyl halides is 3. The molecule has 2 rings (SSSR count). The molecule has 0 fully saturated rings. The monoisotopic (exact) mass is 421 g/mol. The van der Waals surface area contributed by atoms with Crippen LogP contribution in [0.15, 0.2) is 36.5 Å². The van der Waals surface area contributed by atoms with Crippen molar-refractivity contribution in [2.45, 2.75) is 19.1 Å². The van der Waals surface area contributed by atoms with Crippen LogP contribution in [0.5, 0.6) is 5.75 Å². The molecule has 2 aromatic rings. The number of methoxy groups -OCH3 is 1. The van der Waals surface area contributed by atoms with Gasteiger partial charge in [0, 0.05) is 19.3 Å². The number of nitriles is 1. The van der Waals surface area contributed by atoms with E-state index >= 15 is 0 Å². The lowest BCUT2D eigenvalue weighted by Crippen LogP contribution is -2.37. The number of hydrogen-bond donors (Lipinski definition) is 3. The van der Waals surface area contributed by atoms with Crippen molar-refractivity contribution in [2.24, 2.45) is 0 Å². The Kier molecular flexibility index (Phi) is 7.19. The number of nitrogens with one attached hydrogen (secondary N) is 3. The number of halogens is 3. The first-order chi connectivity index (χ1) is 14.2. The van der Waals surface area contributed by atoms with Gasteiger partial charge in [0.15, 0.2) is 0 Å². The second-order valence-corrected chi connectivity index (χ2v) is 6.02. The van der Waals surface area contributed by atoms with Crippen LogP contribution in [0, 0.1) is 16.7 Å². The molecule has 30 heavy (non-hydrogen) atoms. The Balaban J connectivity index is 2.18. The van der Waals surface area contributed by atoms with Gasteiger partial charge in [0.2, 0.25) is 0 Å². The van der Waals surface area contributed by atoms with Gasteiger partial charge >= 0.3 is 12.2 Å². The van der Waals surface area contributed by atoms with Crippen LogP contribution in [-0.2, 0) is 12.7 Å². The van der Waals surface area contributed by atoms with Crippen molar-refractivity contribution in [3.63, 3.8) is 0 Å². The molecule has 1 heterocycles. The van der Waals surface area contributed by atoms with Crippen molar-refractivity contribution >= 4 is 11.9 Å². The van der Waals surface area contributed by atoms with Crippen molar-refractivity contribution in [3.05, 3.63) is 58.7 Å². The minimum Gasteiger partial charge on any atom is -0.497 e. The highest BCUT2D eigenvalue weighted by atomic mass is 19.4. The standard InChI is InChI=1S/C19H18F3N5O3/c1-30-14-5-3-12(15(9-14)19(20,21)22)10-26-17(28)13-4-6-16(24)27(11-13)18(29)25-8-2-7-23/h3-6,9,11,24H,2,8,10H2,1H3,(H,25,29)(H,26,28).